The Kier molecular flexibility index (Phi) is 4.25. The van der Waals surface area contributed by atoms with Crippen LogP contribution in [0, 0.1) is 6.92 Å². The molecule has 112 valence electrons. The Labute approximate surface area is 124 Å². The zero-order valence-corrected chi connectivity index (χ0v) is 12.4. The third kappa shape index (κ3) is 3.45. The van der Waals surface area contributed by atoms with Gasteiger partial charge in [-0.05, 0) is 51.1 Å². The summed E-state index contributed by atoms with van der Waals surface area (Å²) in [6, 6.07) is 7.61. The Morgan fingerprint density at radius 2 is 2.05 bits per heavy atom. The molecule has 0 unspecified atom stereocenters. The second-order valence-electron chi connectivity index (χ2n) is 5.69. The molecule has 1 aliphatic heterocycles. The number of hydrogen-bond acceptors (Lipinski definition) is 4. The molecule has 1 aromatic heterocycles. The van der Waals surface area contributed by atoms with Crippen molar-refractivity contribution in [3.63, 3.8) is 0 Å². The normalized spacial score (nSPS) is 16.2. The lowest BCUT2D eigenvalue weighted by Crippen LogP contribution is -2.33. The molecule has 0 radical (unpaired) electrons. The lowest BCUT2D eigenvalue weighted by molar-refractivity contribution is 0.0419. The van der Waals surface area contributed by atoms with E-state index in [1.165, 1.54) is 19.3 Å². The van der Waals surface area contributed by atoms with Crippen LogP contribution in [0.15, 0.2) is 28.7 Å². The summed E-state index contributed by atoms with van der Waals surface area (Å²) in [4.78, 5) is 14.4. The maximum absolute atomic E-state index is 12.0. The predicted octanol–water partition coefficient (Wildman–Crippen LogP) is 3.38. The summed E-state index contributed by atoms with van der Waals surface area (Å²) in [5.74, 6) is -0.0879. The van der Waals surface area contributed by atoms with E-state index in [9.17, 15) is 4.79 Å². The molecule has 0 amide bonds. The molecule has 2 aromatic rings. The quantitative estimate of drug-likeness (QED) is 0.808. The molecule has 1 aromatic carbocycles. The van der Waals surface area contributed by atoms with Crippen LogP contribution in [0.5, 0.6) is 0 Å². The molecule has 0 atom stereocenters. The van der Waals surface area contributed by atoms with Crippen molar-refractivity contribution >= 4 is 16.9 Å². The zero-order chi connectivity index (χ0) is 14.7. The van der Waals surface area contributed by atoms with Gasteiger partial charge in [0.25, 0.3) is 0 Å². The van der Waals surface area contributed by atoms with Crippen LogP contribution >= 0.6 is 0 Å². The smallest absolute Gasteiger partial charge is 0.374 e. The predicted molar refractivity (Wildman–Crippen MR) is 81.5 cm³/mol. The molecular formula is C17H21NO3. The fraction of sp³-hybridized carbons (Fsp3) is 0.471. The van der Waals surface area contributed by atoms with Crippen molar-refractivity contribution < 1.29 is 13.9 Å². The third-order valence-corrected chi connectivity index (χ3v) is 3.96. The topological polar surface area (TPSA) is 42.7 Å². The summed E-state index contributed by atoms with van der Waals surface area (Å²) in [7, 11) is 0. The van der Waals surface area contributed by atoms with E-state index in [2.05, 4.69) is 4.90 Å². The molecule has 3 rings (SSSR count). The largest absolute Gasteiger partial charge is 0.458 e. The first-order valence-electron chi connectivity index (χ1n) is 7.62. The highest BCUT2D eigenvalue weighted by Crippen LogP contribution is 2.21. The number of esters is 1. The summed E-state index contributed by atoms with van der Waals surface area (Å²) in [6.07, 6.45) is 3.81. The van der Waals surface area contributed by atoms with E-state index in [-0.39, 0.29) is 11.7 Å². The summed E-state index contributed by atoms with van der Waals surface area (Å²) >= 11 is 0. The monoisotopic (exact) mass is 287 g/mol. The van der Waals surface area contributed by atoms with Gasteiger partial charge in [0, 0.05) is 11.9 Å². The number of rotatable bonds is 4. The second-order valence-corrected chi connectivity index (χ2v) is 5.69. The Hall–Kier alpha value is -1.81. The van der Waals surface area contributed by atoms with Crippen LogP contribution in [0.1, 0.15) is 35.4 Å². The van der Waals surface area contributed by atoms with Gasteiger partial charge in [0.05, 0.1) is 0 Å². The number of furan rings is 1. The van der Waals surface area contributed by atoms with Gasteiger partial charge in [0.1, 0.15) is 12.2 Å². The van der Waals surface area contributed by atoms with Crippen molar-refractivity contribution in [3.8, 4) is 0 Å². The van der Waals surface area contributed by atoms with E-state index in [1.54, 1.807) is 6.07 Å². The summed E-state index contributed by atoms with van der Waals surface area (Å²) in [5, 5.41) is 0.943. The van der Waals surface area contributed by atoms with Crippen LogP contribution in [-0.4, -0.2) is 37.1 Å². The highest BCUT2D eigenvalue weighted by molar-refractivity contribution is 5.92. The van der Waals surface area contributed by atoms with Crippen LogP contribution in [0.25, 0.3) is 11.0 Å². The first-order chi connectivity index (χ1) is 10.2. The molecule has 0 N–H and O–H groups in total. The lowest BCUT2D eigenvalue weighted by Gasteiger charge is -2.25. The Bertz CT molecular complexity index is 626. The second kappa shape index (κ2) is 6.31. The average Bonchev–Trinajstić information content (AvgIpc) is 2.91. The van der Waals surface area contributed by atoms with E-state index in [0.29, 0.717) is 6.61 Å². The molecule has 0 saturated carbocycles. The highest BCUT2D eigenvalue weighted by atomic mass is 16.5. The van der Waals surface area contributed by atoms with E-state index in [1.807, 2.05) is 25.1 Å². The first-order valence-corrected chi connectivity index (χ1v) is 7.62. The van der Waals surface area contributed by atoms with Crippen LogP contribution in [0.3, 0.4) is 0 Å². The lowest BCUT2D eigenvalue weighted by atomic mass is 10.1. The first kappa shape index (κ1) is 14.1. The van der Waals surface area contributed by atoms with Crippen molar-refractivity contribution in [2.45, 2.75) is 26.2 Å². The molecule has 4 heteroatoms. The Morgan fingerprint density at radius 1 is 1.24 bits per heavy atom. The van der Waals surface area contributed by atoms with E-state index in [0.717, 1.165) is 36.2 Å². The van der Waals surface area contributed by atoms with Crippen LogP contribution in [-0.2, 0) is 4.74 Å². The highest BCUT2D eigenvalue weighted by Gasteiger charge is 2.15. The van der Waals surface area contributed by atoms with Crippen LogP contribution < -0.4 is 0 Å². The summed E-state index contributed by atoms with van der Waals surface area (Å²) < 4.78 is 10.9. The van der Waals surface area contributed by atoms with Gasteiger partial charge in [-0.1, -0.05) is 18.1 Å². The summed E-state index contributed by atoms with van der Waals surface area (Å²) in [6.45, 7) is 5.48. The zero-order valence-electron chi connectivity index (χ0n) is 12.4. The molecule has 4 nitrogen and oxygen atoms in total. The van der Waals surface area contributed by atoms with Crippen molar-refractivity contribution in [1.29, 1.82) is 0 Å². The Morgan fingerprint density at radius 3 is 2.86 bits per heavy atom. The SMILES string of the molecule is Cc1ccc2oc(C(=O)OCCN3CCCCC3)cc2c1. The molecule has 0 bridgehead atoms. The third-order valence-electron chi connectivity index (χ3n) is 3.96. The molecule has 1 saturated heterocycles. The number of benzene rings is 1. The number of aryl methyl sites for hydroxylation is 1. The van der Waals surface area contributed by atoms with Gasteiger partial charge in [0.2, 0.25) is 5.76 Å². The molecule has 1 aliphatic rings. The minimum atomic E-state index is -0.374. The van der Waals surface area contributed by atoms with Crippen molar-refractivity contribution in [1.82, 2.24) is 4.90 Å². The molecule has 0 spiro atoms. The summed E-state index contributed by atoms with van der Waals surface area (Å²) in [5.41, 5.74) is 1.87. The van der Waals surface area contributed by atoms with Crippen LogP contribution in [0.4, 0.5) is 0 Å². The number of carbonyl (C=O) groups is 1. The fourth-order valence-corrected chi connectivity index (χ4v) is 2.78. The van der Waals surface area contributed by atoms with Crippen molar-refractivity contribution in [2.75, 3.05) is 26.2 Å². The van der Waals surface area contributed by atoms with Crippen molar-refractivity contribution in [2.24, 2.45) is 0 Å². The molecule has 2 heterocycles. The van der Waals surface area contributed by atoms with E-state index >= 15 is 0 Å². The molecule has 0 aliphatic carbocycles. The maximum Gasteiger partial charge on any atom is 0.374 e. The van der Waals surface area contributed by atoms with Gasteiger partial charge in [-0.25, -0.2) is 4.79 Å². The standard InChI is InChI=1S/C17H21NO3/c1-13-5-6-15-14(11-13)12-16(21-15)17(19)20-10-9-18-7-3-2-4-8-18/h5-6,11-12H,2-4,7-10H2,1H3. The van der Waals surface area contributed by atoms with E-state index in [4.69, 9.17) is 9.15 Å². The van der Waals surface area contributed by atoms with Gasteiger partial charge < -0.3 is 9.15 Å². The van der Waals surface area contributed by atoms with Crippen LogP contribution in [0.2, 0.25) is 0 Å². The number of nitrogens with zero attached hydrogens (tertiary/aromatic N) is 1. The molecule has 21 heavy (non-hydrogen) atoms. The number of carbonyl (C=O) groups excluding carboxylic acids is 1. The fourth-order valence-electron chi connectivity index (χ4n) is 2.78. The number of hydrogen-bond donors (Lipinski definition) is 0. The number of likely N-dealkylation sites (tertiary alicyclic amines) is 1. The van der Waals surface area contributed by atoms with Gasteiger partial charge in [-0.2, -0.15) is 0 Å². The minimum Gasteiger partial charge on any atom is -0.458 e. The number of ether oxygens (including phenoxy) is 1. The minimum absolute atomic E-state index is 0.286. The maximum atomic E-state index is 12.0. The van der Waals surface area contributed by atoms with E-state index < -0.39 is 0 Å². The molecule has 1 fully saturated rings. The van der Waals surface area contributed by atoms with Gasteiger partial charge in [-0.15, -0.1) is 0 Å². The van der Waals surface area contributed by atoms with Gasteiger partial charge in [0.15, 0.2) is 0 Å². The number of piperidine rings is 1. The van der Waals surface area contributed by atoms with Gasteiger partial charge >= 0.3 is 5.97 Å². The number of fused-ring (bicyclic) bond motifs is 1. The Balaban J connectivity index is 1.56. The van der Waals surface area contributed by atoms with Gasteiger partial charge in [-0.3, -0.25) is 4.90 Å². The van der Waals surface area contributed by atoms with Crippen molar-refractivity contribution in [3.05, 3.63) is 35.6 Å². The molecular weight excluding hydrogens is 266 g/mol. The average molecular weight is 287 g/mol.